The van der Waals surface area contributed by atoms with Crippen LogP contribution in [0.3, 0.4) is 0 Å². The predicted molar refractivity (Wildman–Crippen MR) is 77.3 cm³/mol. The Labute approximate surface area is 105 Å². The maximum absolute atomic E-state index is 3.47. The lowest BCUT2D eigenvalue weighted by molar-refractivity contribution is 0.957. The van der Waals surface area contributed by atoms with Crippen LogP contribution in [-0.2, 0) is 0 Å². The zero-order valence-electron chi connectivity index (χ0n) is 11.4. The number of benzene rings is 1. The highest BCUT2D eigenvalue weighted by molar-refractivity contribution is 5.57. The van der Waals surface area contributed by atoms with E-state index in [0.717, 1.165) is 12.1 Å². The average molecular weight is 229 g/mol. The molecule has 0 amide bonds. The second-order valence-corrected chi connectivity index (χ2v) is 4.38. The summed E-state index contributed by atoms with van der Waals surface area (Å²) in [6.45, 7) is 8.50. The van der Waals surface area contributed by atoms with Crippen molar-refractivity contribution in [3.8, 4) is 0 Å². The Balaban J connectivity index is 2.77. The molecule has 1 rings (SSSR count). The molecule has 0 aromatic heterocycles. The van der Waals surface area contributed by atoms with Gasteiger partial charge < -0.3 is 5.32 Å². The van der Waals surface area contributed by atoms with Crippen molar-refractivity contribution < 1.29 is 0 Å². The molecule has 0 aliphatic rings. The summed E-state index contributed by atoms with van der Waals surface area (Å²) in [5, 5.41) is 3.47. The SMILES string of the molecule is C/C=C(\C=C/CCC)Nc1cc(C)ccc1C. The average Bonchev–Trinajstić information content (AvgIpc) is 2.32. The lowest BCUT2D eigenvalue weighted by Gasteiger charge is -2.11. The van der Waals surface area contributed by atoms with Gasteiger partial charge in [0.1, 0.15) is 0 Å². The highest BCUT2D eigenvalue weighted by Crippen LogP contribution is 2.18. The number of hydrogen-bond donors (Lipinski definition) is 1. The Morgan fingerprint density at radius 3 is 2.71 bits per heavy atom. The van der Waals surface area contributed by atoms with E-state index >= 15 is 0 Å². The van der Waals surface area contributed by atoms with Crippen molar-refractivity contribution >= 4 is 5.69 Å². The van der Waals surface area contributed by atoms with Crippen LogP contribution in [0, 0.1) is 13.8 Å². The molecule has 0 heterocycles. The van der Waals surface area contributed by atoms with E-state index in [1.54, 1.807) is 0 Å². The summed E-state index contributed by atoms with van der Waals surface area (Å²) in [5.74, 6) is 0. The first-order chi connectivity index (χ1) is 8.17. The highest BCUT2D eigenvalue weighted by atomic mass is 14.9. The van der Waals surface area contributed by atoms with E-state index in [2.05, 4.69) is 69.4 Å². The van der Waals surface area contributed by atoms with Crippen molar-refractivity contribution in [2.24, 2.45) is 0 Å². The molecular weight excluding hydrogens is 206 g/mol. The van der Waals surface area contributed by atoms with E-state index in [-0.39, 0.29) is 0 Å². The molecule has 1 heteroatoms. The van der Waals surface area contributed by atoms with Crippen molar-refractivity contribution in [1.82, 2.24) is 0 Å². The topological polar surface area (TPSA) is 12.0 Å². The second-order valence-electron chi connectivity index (χ2n) is 4.38. The Kier molecular flexibility index (Phi) is 5.55. The van der Waals surface area contributed by atoms with E-state index < -0.39 is 0 Å². The molecule has 17 heavy (non-hydrogen) atoms. The largest absolute Gasteiger partial charge is 0.356 e. The van der Waals surface area contributed by atoms with Gasteiger partial charge in [-0.15, -0.1) is 0 Å². The molecule has 0 saturated heterocycles. The fourth-order valence-electron chi connectivity index (χ4n) is 1.61. The van der Waals surface area contributed by atoms with Crippen LogP contribution in [0.4, 0.5) is 5.69 Å². The number of aryl methyl sites for hydroxylation is 2. The van der Waals surface area contributed by atoms with Crippen LogP contribution < -0.4 is 5.32 Å². The zero-order chi connectivity index (χ0) is 12.7. The lowest BCUT2D eigenvalue weighted by Crippen LogP contribution is -1.99. The summed E-state index contributed by atoms with van der Waals surface area (Å²) >= 11 is 0. The quantitative estimate of drug-likeness (QED) is 0.702. The molecule has 92 valence electrons. The molecule has 0 radical (unpaired) electrons. The number of anilines is 1. The smallest absolute Gasteiger partial charge is 0.0416 e. The van der Waals surface area contributed by atoms with E-state index in [1.165, 1.54) is 23.2 Å². The van der Waals surface area contributed by atoms with Gasteiger partial charge in [0.05, 0.1) is 0 Å². The summed E-state index contributed by atoms with van der Waals surface area (Å²) in [4.78, 5) is 0. The maximum Gasteiger partial charge on any atom is 0.0416 e. The molecule has 0 spiro atoms. The molecule has 1 nitrogen and oxygen atoms in total. The first-order valence-electron chi connectivity index (χ1n) is 6.34. The standard InChI is InChI=1S/C16H23N/c1-5-7-8-9-15(6-2)17-16-12-13(3)10-11-14(16)4/h6,8-12,17H,5,7H2,1-4H3/b9-8-,15-6+. The fourth-order valence-corrected chi connectivity index (χ4v) is 1.61. The molecule has 0 bridgehead atoms. The summed E-state index contributed by atoms with van der Waals surface area (Å²) < 4.78 is 0. The normalized spacial score (nSPS) is 12.1. The molecule has 0 saturated carbocycles. The maximum atomic E-state index is 3.47. The minimum atomic E-state index is 1.13. The Morgan fingerprint density at radius 2 is 2.06 bits per heavy atom. The minimum absolute atomic E-state index is 1.13. The molecule has 0 fully saturated rings. The van der Waals surface area contributed by atoms with Crippen LogP contribution in [0.15, 0.2) is 42.1 Å². The highest BCUT2D eigenvalue weighted by Gasteiger charge is 1.98. The van der Waals surface area contributed by atoms with E-state index in [4.69, 9.17) is 0 Å². The van der Waals surface area contributed by atoms with Crippen LogP contribution in [0.25, 0.3) is 0 Å². The van der Waals surface area contributed by atoms with Gasteiger partial charge in [-0.3, -0.25) is 0 Å². The zero-order valence-corrected chi connectivity index (χ0v) is 11.4. The van der Waals surface area contributed by atoms with Gasteiger partial charge in [0, 0.05) is 11.4 Å². The van der Waals surface area contributed by atoms with Gasteiger partial charge >= 0.3 is 0 Å². The molecule has 0 unspecified atom stereocenters. The van der Waals surface area contributed by atoms with Crippen molar-refractivity contribution in [2.45, 2.75) is 40.5 Å². The van der Waals surface area contributed by atoms with E-state index in [0.29, 0.717) is 0 Å². The van der Waals surface area contributed by atoms with Crippen LogP contribution in [0.2, 0.25) is 0 Å². The molecule has 0 aliphatic heterocycles. The molecule has 1 aromatic carbocycles. The van der Waals surface area contributed by atoms with Crippen molar-refractivity contribution in [3.63, 3.8) is 0 Å². The van der Waals surface area contributed by atoms with Crippen LogP contribution in [0.1, 0.15) is 37.8 Å². The Bertz CT molecular complexity index is 414. The third-order valence-corrected chi connectivity index (χ3v) is 2.74. The fraction of sp³-hybridized carbons (Fsp3) is 0.375. The molecule has 1 N–H and O–H groups in total. The Hall–Kier alpha value is -1.50. The summed E-state index contributed by atoms with van der Waals surface area (Å²) in [6, 6.07) is 6.48. The third kappa shape index (κ3) is 4.48. The van der Waals surface area contributed by atoms with Gasteiger partial charge in [0.15, 0.2) is 0 Å². The lowest BCUT2D eigenvalue weighted by atomic mass is 10.1. The van der Waals surface area contributed by atoms with Gasteiger partial charge in [0.2, 0.25) is 0 Å². The van der Waals surface area contributed by atoms with E-state index in [1.807, 2.05) is 0 Å². The van der Waals surface area contributed by atoms with Gasteiger partial charge in [-0.1, -0.05) is 37.6 Å². The minimum Gasteiger partial charge on any atom is -0.356 e. The van der Waals surface area contributed by atoms with Crippen LogP contribution in [0.5, 0.6) is 0 Å². The molecular formula is C16H23N. The number of allylic oxidation sites excluding steroid dienone is 3. The van der Waals surface area contributed by atoms with Crippen molar-refractivity contribution in [1.29, 1.82) is 0 Å². The summed E-state index contributed by atoms with van der Waals surface area (Å²) in [7, 11) is 0. The van der Waals surface area contributed by atoms with Crippen molar-refractivity contribution in [2.75, 3.05) is 5.32 Å². The molecule has 0 aliphatic carbocycles. The summed E-state index contributed by atoms with van der Waals surface area (Å²) in [6.07, 6.45) is 8.80. The summed E-state index contributed by atoms with van der Waals surface area (Å²) in [5.41, 5.74) is 4.91. The first kappa shape index (κ1) is 13.6. The van der Waals surface area contributed by atoms with Gasteiger partial charge in [0.25, 0.3) is 0 Å². The Morgan fingerprint density at radius 1 is 1.29 bits per heavy atom. The first-order valence-corrected chi connectivity index (χ1v) is 6.34. The molecule has 0 atom stereocenters. The van der Waals surface area contributed by atoms with Gasteiger partial charge in [-0.25, -0.2) is 0 Å². The monoisotopic (exact) mass is 229 g/mol. The number of hydrogen-bond acceptors (Lipinski definition) is 1. The second kappa shape index (κ2) is 6.95. The number of rotatable bonds is 5. The third-order valence-electron chi connectivity index (χ3n) is 2.74. The van der Waals surface area contributed by atoms with Gasteiger partial charge in [-0.05, 0) is 50.5 Å². The van der Waals surface area contributed by atoms with Crippen LogP contribution in [-0.4, -0.2) is 0 Å². The number of unbranched alkanes of at least 4 members (excludes halogenated alkanes) is 1. The predicted octanol–water partition coefficient (Wildman–Crippen LogP) is 4.98. The van der Waals surface area contributed by atoms with Crippen molar-refractivity contribution in [3.05, 3.63) is 53.3 Å². The van der Waals surface area contributed by atoms with Crippen LogP contribution >= 0.6 is 0 Å². The van der Waals surface area contributed by atoms with Gasteiger partial charge in [-0.2, -0.15) is 0 Å². The van der Waals surface area contributed by atoms with E-state index in [9.17, 15) is 0 Å². The molecule has 1 aromatic rings. The number of nitrogens with one attached hydrogen (secondary N) is 1.